The summed E-state index contributed by atoms with van der Waals surface area (Å²) >= 11 is 6.48. The lowest BCUT2D eigenvalue weighted by Gasteiger charge is -2.40. The van der Waals surface area contributed by atoms with Crippen molar-refractivity contribution in [1.29, 1.82) is 0 Å². The average molecular weight is 489 g/mol. The van der Waals surface area contributed by atoms with Gasteiger partial charge in [-0.3, -0.25) is 0 Å². The van der Waals surface area contributed by atoms with Crippen molar-refractivity contribution < 1.29 is 29.9 Å². The predicted octanol–water partition coefficient (Wildman–Crippen LogP) is 3.26. The Morgan fingerprint density at radius 2 is 1.62 bits per heavy atom. The van der Waals surface area contributed by atoms with Gasteiger partial charge in [0.2, 0.25) is 0 Å². The zero-order chi connectivity index (χ0) is 23.9. The summed E-state index contributed by atoms with van der Waals surface area (Å²) in [4.78, 5) is 0. The zero-order valence-electron chi connectivity index (χ0n) is 19.1. The Bertz CT molecular complexity index is 987. The Hall–Kier alpha value is -1.51. The summed E-state index contributed by atoms with van der Waals surface area (Å²) in [6.07, 6.45) is 0.703. The number of ether oxygens (including phenoxy) is 2. The largest absolute Gasteiger partial charge is 0.394 e. The fraction of sp³-hybridized carbons (Fsp3) is 0.556. The molecule has 2 aromatic rings. The van der Waals surface area contributed by atoms with Gasteiger partial charge in [0, 0.05) is 10.9 Å². The molecule has 1 spiro atoms. The molecule has 0 aromatic heterocycles. The highest BCUT2D eigenvalue weighted by Gasteiger charge is 2.44. The van der Waals surface area contributed by atoms with Crippen molar-refractivity contribution in [3.8, 4) is 0 Å². The third kappa shape index (κ3) is 4.65. The number of benzene rings is 2. The van der Waals surface area contributed by atoms with E-state index in [1.165, 1.54) is 31.2 Å². The second kappa shape index (κ2) is 9.86. The van der Waals surface area contributed by atoms with Gasteiger partial charge in [-0.05, 0) is 54.0 Å². The van der Waals surface area contributed by atoms with E-state index in [9.17, 15) is 20.4 Å². The molecular weight excluding hydrogens is 456 g/mol. The van der Waals surface area contributed by atoms with Crippen LogP contribution in [0.3, 0.4) is 0 Å². The molecule has 1 saturated carbocycles. The van der Waals surface area contributed by atoms with Gasteiger partial charge in [-0.25, -0.2) is 0 Å². The van der Waals surface area contributed by atoms with Crippen molar-refractivity contribution in [1.82, 2.24) is 0 Å². The van der Waals surface area contributed by atoms with Crippen molar-refractivity contribution in [3.05, 3.63) is 69.7 Å². The Labute approximate surface area is 205 Å². The molecule has 2 aromatic carbocycles. The van der Waals surface area contributed by atoms with Crippen LogP contribution < -0.4 is 0 Å². The van der Waals surface area contributed by atoms with E-state index < -0.39 is 37.1 Å². The van der Waals surface area contributed by atoms with Gasteiger partial charge in [0.15, 0.2) is 0 Å². The van der Waals surface area contributed by atoms with Crippen molar-refractivity contribution in [3.63, 3.8) is 0 Å². The standard InChI is InChI=1S/C27H33ClO6/c28-21-8-7-18(26-25(32)24(31)23(30)22(14-29)34-26)12-19(21)11-16-3-5-17(6-4-16)20-13-27(33-15-20)9-1-2-10-27/h3-8,12,20,22-26,29-32H,1-2,9-11,13-15H2. The quantitative estimate of drug-likeness (QED) is 0.515. The molecule has 2 heterocycles. The first-order chi connectivity index (χ1) is 16.4. The summed E-state index contributed by atoms with van der Waals surface area (Å²) in [5.74, 6) is 0.449. The second-order valence-electron chi connectivity index (χ2n) is 10.1. The van der Waals surface area contributed by atoms with Crippen molar-refractivity contribution >= 4 is 11.6 Å². The normalized spacial score (nSPS) is 33.0. The smallest absolute Gasteiger partial charge is 0.113 e. The SMILES string of the molecule is OCC1OC(c2ccc(Cl)c(Cc3ccc(C4COC5(CCCC5)C4)cc3)c2)C(O)C(O)C1O. The summed E-state index contributed by atoms with van der Waals surface area (Å²) in [7, 11) is 0. The molecule has 0 bridgehead atoms. The van der Waals surface area contributed by atoms with Crippen LogP contribution in [-0.4, -0.2) is 63.7 Å². The third-order valence-electron chi connectivity index (χ3n) is 7.86. The highest BCUT2D eigenvalue weighted by atomic mass is 35.5. The van der Waals surface area contributed by atoms with Gasteiger partial charge in [0.05, 0.1) is 18.8 Å². The van der Waals surface area contributed by atoms with Crippen LogP contribution in [0.1, 0.15) is 66.4 Å². The number of hydrogen-bond donors (Lipinski definition) is 4. The number of hydrogen-bond acceptors (Lipinski definition) is 6. The van der Waals surface area contributed by atoms with Crippen LogP contribution >= 0.6 is 11.6 Å². The molecule has 6 atom stereocenters. The number of rotatable bonds is 5. The summed E-state index contributed by atoms with van der Waals surface area (Å²) in [6.45, 7) is 0.341. The Kier molecular flexibility index (Phi) is 7.02. The maximum atomic E-state index is 10.5. The molecule has 6 unspecified atom stereocenters. The van der Waals surface area contributed by atoms with Crippen LogP contribution in [0, 0.1) is 0 Å². The molecule has 34 heavy (non-hydrogen) atoms. The van der Waals surface area contributed by atoms with E-state index in [0.717, 1.165) is 24.2 Å². The third-order valence-corrected chi connectivity index (χ3v) is 8.23. The monoisotopic (exact) mass is 488 g/mol. The maximum absolute atomic E-state index is 10.5. The van der Waals surface area contributed by atoms with Gasteiger partial charge in [-0.1, -0.05) is 60.8 Å². The van der Waals surface area contributed by atoms with E-state index in [1.54, 1.807) is 12.1 Å². The van der Waals surface area contributed by atoms with E-state index in [0.29, 0.717) is 22.9 Å². The Morgan fingerprint density at radius 3 is 2.32 bits per heavy atom. The van der Waals surface area contributed by atoms with Gasteiger partial charge in [0.1, 0.15) is 30.5 Å². The van der Waals surface area contributed by atoms with Crippen LogP contribution in [0.25, 0.3) is 0 Å². The number of halogens is 1. The lowest BCUT2D eigenvalue weighted by atomic mass is 9.87. The minimum absolute atomic E-state index is 0.113. The molecule has 4 N–H and O–H groups in total. The highest BCUT2D eigenvalue weighted by molar-refractivity contribution is 6.31. The molecule has 6 nitrogen and oxygen atoms in total. The van der Waals surface area contributed by atoms with E-state index >= 15 is 0 Å². The van der Waals surface area contributed by atoms with Gasteiger partial charge in [0.25, 0.3) is 0 Å². The van der Waals surface area contributed by atoms with Crippen LogP contribution in [0.2, 0.25) is 5.02 Å². The lowest BCUT2D eigenvalue weighted by Crippen LogP contribution is -2.55. The van der Waals surface area contributed by atoms with Gasteiger partial charge in [-0.15, -0.1) is 0 Å². The fourth-order valence-electron chi connectivity index (χ4n) is 5.84. The molecule has 0 radical (unpaired) electrons. The predicted molar refractivity (Wildman–Crippen MR) is 128 cm³/mol. The van der Waals surface area contributed by atoms with E-state index in [4.69, 9.17) is 21.1 Å². The van der Waals surface area contributed by atoms with E-state index in [1.807, 2.05) is 6.07 Å². The van der Waals surface area contributed by atoms with Gasteiger partial charge >= 0.3 is 0 Å². The van der Waals surface area contributed by atoms with Crippen molar-refractivity contribution in [2.24, 2.45) is 0 Å². The zero-order valence-corrected chi connectivity index (χ0v) is 19.9. The summed E-state index contributed by atoms with van der Waals surface area (Å²) in [5.41, 5.74) is 4.05. The Balaban J connectivity index is 1.30. The van der Waals surface area contributed by atoms with Gasteiger partial charge in [-0.2, -0.15) is 0 Å². The molecule has 3 fully saturated rings. The summed E-state index contributed by atoms with van der Waals surface area (Å²) in [5, 5.41) is 40.8. The fourth-order valence-corrected chi connectivity index (χ4v) is 6.02. The molecule has 184 valence electrons. The first-order valence-corrected chi connectivity index (χ1v) is 12.6. The number of aliphatic hydroxyl groups excluding tert-OH is 4. The van der Waals surface area contributed by atoms with E-state index in [2.05, 4.69) is 24.3 Å². The average Bonchev–Trinajstić information content (AvgIpc) is 3.49. The minimum atomic E-state index is -1.41. The van der Waals surface area contributed by atoms with Crippen LogP contribution in [-0.2, 0) is 15.9 Å². The first kappa shape index (κ1) is 24.2. The molecule has 5 rings (SSSR count). The maximum Gasteiger partial charge on any atom is 0.113 e. The molecular formula is C27H33ClO6. The Morgan fingerprint density at radius 1 is 0.912 bits per heavy atom. The molecule has 2 saturated heterocycles. The molecule has 2 aliphatic heterocycles. The minimum Gasteiger partial charge on any atom is -0.394 e. The van der Waals surface area contributed by atoms with Crippen LogP contribution in [0.5, 0.6) is 0 Å². The topological polar surface area (TPSA) is 99.4 Å². The molecule has 7 heteroatoms. The van der Waals surface area contributed by atoms with Crippen molar-refractivity contribution in [2.75, 3.05) is 13.2 Å². The highest BCUT2D eigenvalue weighted by Crippen LogP contribution is 2.46. The van der Waals surface area contributed by atoms with Gasteiger partial charge < -0.3 is 29.9 Å². The van der Waals surface area contributed by atoms with Crippen LogP contribution in [0.4, 0.5) is 0 Å². The van der Waals surface area contributed by atoms with E-state index in [-0.39, 0.29) is 5.60 Å². The molecule has 3 aliphatic rings. The summed E-state index contributed by atoms with van der Waals surface area (Å²) in [6, 6.07) is 14.0. The van der Waals surface area contributed by atoms with Crippen LogP contribution in [0.15, 0.2) is 42.5 Å². The molecule has 0 amide bonds. The van der Waals surface area contributed by atoms with Crippen molar-refractivity contribution in [2.45, 2.75) is 80.6 Å². The first-order valence-electron chi connectivity index (χ1n) is 12.2. The number of aliphatic hydroxyl groups is 4. The second-order valence-corrected chi connectivity index (χ2v) is 10.5. The lowest BCUT2D eigenvalue weighted by molar-refractivity contribution is -0.231. The molecule has 1 aliphatic carbocycles. The summed E-state index contributed by atoms with van der Waals surface area (Å²) < 4.78 is 11.9.